The van der Waals surface area contributed by atoms with Gasteiger partial charge in [-0.2, -0.15) is 0 Å². The van der Waals surface area contributed by atoms with E-state index in [1.807, 2.05) is 22.6 Å². The zero-order valence-electron chi connectivity index (χ0n) is 10.4. The van der Waals surface area contributed by atoms with Gasteiger partial charge in [0.1, 0.15) is 5.75 Å². The molecule has 0 spiro atoms. The summed E-state index contributed by atoms with van der Waals surface area (Å²) in [5.41, 5.74) is 0.347. The van der Waals surface area contributed by atoms with Gasteiger partial charge in [0, 0.05) is 0 Å². The molecule has 2 aromatic carbocycles. The third-order valence-electron chi connectivity index (χ3n) is 2.55. The van der Waals surface area contributed by atoms with Crippen LogP contribution < -0.4 is 9.46 Å². The molecule has 20 heavy (non-hydrogen) atoms. The highest BCUT2D eigenvalue weighted by atomic mass is 127. The van der Waals surface area contributed by atoms with Crippen molar-refractivity contribution in [3.05, 3.63) is 51.1 Å². The first-order valence-corrected chi connectivity index (χ1v) is 8.49. The number of nitrogens with one attached hydrogen (secondary N) is 1. The predicted molar refractivity (Wildman–Crippen MR) is 88.0 cm³/mol. The summed E-state index contributed by atoms with van der Waals surface area (Å²) in [4.78, 5) is 0.155. The van der Waals surface area contributed by atoms with Crippen molar-refractivity contribution in [1.29, 1.82) is 0 Å². The van der Waals surface area contributed by atoms with Gasteiger partial charge in [0.2, 0.25) is 0 Å². The molecular weight excluding hydrogens is 413 g/mol. The van der Waals surface area contributed by atoms with E-state index in [9.17, 15) is 8.42 Å². The molecule has 2 rings (SSSR count). The fraction of sp³-hybridized carbons (Fsp3) is 0.0769. The third kappa shape index (κ3) is 3.36. The number of sulfonamides is 1. The molecule has 0 fully saturated rings. The minimum absolute atomic E-state index is 0.155. The molecule has 0 saturated heterocycles. The zero-order chi connectivity index (χ0) is 14.8. The molecular formula is C13H11ClINO3S. The summed E-state index contributed by atoms with van der Waals surface area (Å²) in [5, 5.41) is 0.347. The predicted octanol–water partition coefficient (Wildman–Crippen LogP) is 3.75. The van der Waals surface area contributed by atoms with Gasteiger partial charge in [0.25, 0.3) is 10.0 Å². The molecule has 0 aliphatic rings. The Labute approximate surface area is 136 Å². The van der Waals surface area contributed by atoms with Crippen LogP contribution in [-0.2, 0) is 10.0 Å². The van der Waals surface area contributed by atoms with E-state index in [0.29, 0.717) is 20.0 Å². The van der Waals surface area contributed by atoms with Crippen LogP contribution in [0.3, 0.4) is 0 Å². The lowest BCUT2D eigenvalue weighted by Crippen LogP contribution is -2.13. The Bertz CT molecular complexity index is 734. The molecule has 7 heteroatoms. The molecule has 0 aromatic heterocycles. The Morgan fingerprint density at radius 3 is 2.50 bits per heavy atom. The Hall–Kier alpha value is -0.990. The monoisotopic (exact) mass is 423 g/mol. The number of methoxy groups -OCH3 is 1. The van der Waals surface area contributed by atoms with E-state index in [0.717, 1.165) is 0 Å². The molecule has 0 aliphatic heterocycles. The molecule has 0 bridgehead atoms. The third-order valence-corrected chi connectivity index (χ3v) is 5.09. The Morgan fingerprint density at radius 2 is 1.90 bits per heavy atom. The molecule has 0 saturated carbocycles. The fourth-order valence-corrected chi connectivity index (χ4v) is 3.85. The van der Waals surface area contributed by atoms with E-state index in [1.54, 1.807) is 36.4 Å². The van der Waals surface area contributed by atoms with Gasteiger partial charge in [-0.25, -0.2) is 8.42 Å². The van der Waals surface area contributed by atoms with E-state index in [4.69, 9.17) is 16.3 Å². The molecule has 0 atom stereocenters. The molecule has 0 aliphatic carbocycles. The molecule has 2 aromatic rings. The van der Waals surface area contributed by atoms with Gasteiger partial charge in [-0.3, -0.25) is 4.72 Å². The van der Waals surface area contributed by atoms with Crippen molar-refractivity contribution in [2.24, 2.45) is 0 Å². The van der Waals surface area contributed by atoms with Crippen LogP contribution in [-0.4, -0.2) is 15.5 Å². The van der Waals surface area contributed by atoms with E-state index in [-0.39, 0.29) is 4.90 Å². The summed E-state index contributed by atoms with van der Waals surface area (Å²) in [6, 6.07) is 11.3. The number of hydrogen-bond acceptors (Lipinski definition) is 3. The van der Waals surface area contributed by atoms with Crippen molar-refractivity contribution < 1.29 is 13.2 Å². The van der Waals surface area contributed by atoms with E-state index < -0.39 is 10.0 Å². The summed E-state index contributed by atoms with van der Waals surface area (Å²) in [7, 11) is -2.14. The molecule has 0 radical (unpaired) electrons. The van der Waals surface area contributed by atoms with Crippen molar-refractivity contribution in [1.82, 2.24) is 0 Å². The molecule has 106 valence electrons. The van der Waals surface area contributed by atoms with Crippen LogP contribution in [0.5, 0.6) is 5.75 Å². The number of para-hydroxylation sites is 1. The summed E-state index contributed by atoms with van der Waals surface area (Å²) in [6.07, 6.45) is 0. The van der Waals surface area contributed by atoms with Gasteiger partial charge in [0.15, 0.2) is 0 Å². The summed E-state index contributed by atoms with van der Waals surface area (Å²) < 4.78 is 32.9. The minimum Gasteiger partial charge on any atom is -0.496 e. The smallest absolute Gasteiger partial charge is 0.261 e. The van der Waals surface area contributed by atoms with Crippen LogP contribution in [0.1, 0.15) is 0 Å². The second-order valence-electron chi connectivity index (χ2n) is 3.88. The molecule has 0 heterocycles. The van der Waals surface area contributed by atoms with Crippen molar-refractivity contribution in [2.75, 3.05) is 11.8 Å². The number of hydrogen-bond donors (Lipinski definition) is 1. The maximum absolute atomic E-state index is 12.3. The number of anilines is 1. The van der Waals surface area contributed by atoms with Gasteiger partial charge >= 0.3 is 0 Å². The second kappa shape index (κ2) is 6.19. The second-order valence-corrected chi connectivity index (χ2v) is 7.13. The number of ether oxygens (including phenoxy) is 1. The lowest BCUT2D eigenvalue weighted by atomic mass is 10.3. The van der Waals surface area contributed by atoms with Crippen LogP contribution in [0.15, 0.2) is 47.4 Å². The van der Waals surface area contributed by atoms with Gasteiger partial charge in [0.05, 0.1) is 26.3 Å². The minimum atomic E-state index is -3.68. The standard InChI is InChI=1S/C13H11ClINO3S/c1-19-13-7-6-9(8-11(13)15)20(17,18)16-12-5-3-2-4-10(12)14/h2-8,16H,1H3. The zero-order valence-corrected chi connectivity index (χ0v) is 14.2. The average molecular weight is 424 g/mol. The van der Waals surface area contributed by atoms with Crippen LogP contribution in [0.2, 0.25) is 5.02 Å². The van der Waals surface area contributed by atoms with Crippen molar-refractivity contribution in [2.45, 2.75) is 4.90 Å². The maximum Gasteiger partial charge on any atom is 0.261 e. The first-order valence-electron chi connectivity index (χ1n) is 5.55. The van der Waals surface area contributed by atoms with Crippen molar-refractivity contribution in [3.8, 4) is 5.75 Å². The topological polar surface area (TPSA) is 55.4 Å². The van der Waals surface area contributed by atoms with Crippen LogP contribution >= 0.6 is 34.2 Å². The van der Waals surface area contributed by atoms with Gasteiger partial charge in [-0.05, 0) is 52.9 Å². The Kier molecular flexibility index (Phi) is 4.77. The summed E-state index contributed by atoms with van der Waals surface area (Å²) >= 11 is 7.97. The number of halogens is 2. The molecule has 0 amide bonds. The quantitative estimate of drug-likeness (QED) is 0.762. The Balaban J connectivity index is 2.36. The van der Waals surface area contributed by atoms with Gasteiger partial charge in [-0.15, -0.1) is 0 Å². The van der Waals surface area contributed by atoms with Crippen LogP contribution in [0, 0.1) is 3.57 Å². The van der Waals surface area contributed by atoms with E-state index in [1.165, 1.54) is 13.2 Å². The van der Waals surface area contributed by atoms with E-state index >= 15 is 0 Å². The Morgan fingerprint density at radius 1 is 1.20 bits per heavy atom. The SMILES string of the molecule is COc1ccc(S(=O)(=O)Nc2ccccc2Cl)cc1I. The fourth-order valence-electron chi connectivity index (χ4n) is 1.56. The lowest BCUT2D eigenvalue weighted by molar-refractivity contribution is 0.411. The van der Waals surface area contributed by atoms with Crippen molar-refractivity contribution in [3.63, 3.8) is 0 Å². The molecule has 0 unspecified atom stereocenters. The van der Waals surface area contributed by atoms with E-state index in [2.05, 4.69) is 4.72 Å². The average Bonchev–Trinajstić information content (AvgIpc) is 2.41. The van der Waals surface area contributed by atoms with Crippen LogP contribution in [0.25, 0.3) is 0 Å². The van der Waals surface area contributed by atoms with Gasteiger partial charge in [-0.1, -0.05) is 23.7 Å². The maximum atomic E-state index is 12.3. The highest BCUT2D eigenvalue weighted by Gasteiger charge is 2.17. The summed E-state index contributed by atoms with van der Waals surface area (Å²) in [5.74, 6) is 0.627. The molecule has 4 nitrogen and oxygen atoms in total. The number of rotatable bonds is 4. The first kappa shape index (κ1) is 15.4. The highest BCUT2D eigenvalue weighted by molar-refractivity contribution is 14.1. The van der Waals surface area contributed by atoms with Crippen molar-refractivity contribution >= 4 is 49.9 Å². The first-order chi connectivity index (χ1) is 9.44. The normalized spacial score (nSPS) is 11.2. The largest absolute Gasteiger partial charge is 0.496 e. The lowest BCUT2D eigenvalue weighted by Gasteiger charge is -2.11. The summed E-state index contributed by atoms with van der Waals surface area (Å²) in [6.45, 7) is 0. The van der Waals surface area contributed by atoms with Gasteiger partial charge < -0.3 is 4.74 Å². The number of benzene rings is 2. The molecule has 1 N–H and O–H groups in total. The van der Waals surface area contributed by atoms with Crippen LogP contribution in [0.4, 0.5) is 5.69 Å². The highest BCUT2D eigenvalue weighted by Crippen LogP contribution is 2.27.